The second kappa shape index (κ2) is 11.8. The van der Waals surface area contributed by atoms with Crippen molar-refractivity contribution < 1.29 is 0 Å². The van der Waals surface area contributed by atoms with Gasteiger partial charge in [-0.1, -0.05) is 109 Å². The molecule has 1 saturated heterocycles. The van der Waals surface area contributed by atoms with Gasteiger partial charge in [0.25, 0.3) is 0 Å². The van der Waals surface area contributed by atoms with Gasteiger partial charge in [-0.25, -0.2) is 0 Å². The van der Waals surface area contributed by atoms with E-state index in [-0.39, 0.29) is 18.5 Å². The maximum atomic E-state index is 3.93. The molecule has 0 radical (unpaired) electrons. The average molecular weight is 710 g/mol. The van der Waals surface area contributed by atoms with E-state index < -0.39 is 0 Å². The van der Waals surface area contributed by atoms with Crippen molar-refractivity contribution in [3.8, 4) is 11.1 Å². The van der Waals surface area contributed by atoms with Crippen molar-refractivity contribution in [3.63, 3.8) is 0 Å². The van der Waals surface area contributed by atoms with Crippen molar-refractivity contribution in [2.45, 2.75) is 18.5 Å². The smallest absolute Gasteiger partial charge is 0.0865 e. The van der Waals surface area contributed by atoms with Crippen molar-refractivity contribution in [1.29, 1.82) is 0 Å². The van der Waals surface area contributed by atoms with Crippen LogP contribution in [0.4, 0.5) is 0 Å². The monoisotopic (exact) mass is 709 g/mol. The summed E-state index contributed by atoms with van der Waals surface area (Å²) >= 11 is 5.64. The van der Waals surface area contributed by atoms with Gasteiger partial charge in [-0.05, 0) is 70.3 Å². The Morgan fingerprint density at radius 2 is 0.882 bits per heavy atom. The molecule has 0 aliphatic carbocycles. The van der Waals surface area contributed by atoms with Crippen LogP contribution in [0.1, 0.15) is 35.2 Å². The zero-order valence-electron chi connectivity index (χ0n) is 27.4. The minimum atomic E-state index is -0.0490. The molecule has 244 valence electrons. The van der Waals surface area contributed by atoms with E-state index in [0.717, 1.165) is 0 Å². The van der Waals surface area contributed by atoms with Crippen LogP contribution in [-0.4, -0.2) is 0 Å². The summed E-state index contributed by atoms with van der Waals surface area (Å²) in [7, 11) is 0. The first kappa shape index (κ1) is 29.8. The molecular weight excluding hydrogens is 679 g/mol. The number of nitrogens with one attached hydrogen (secondary N) is 3. The summed E-state index contributed by atoms with van der Waals surface area (Å²) in [6.07, 6.45) is -0.108. The van der Waals surface area contributed by atoms with Crippen molar-refractivity contribution in [3.05, 3.63) is 168 Å². The fourth-order valence-corrected chi connectivity index (χ4v) is 11.4. The lowest BCUT2D eigenvalue weighted by Gasteiger charge is -2.39. The van der Waals surface area contributed by atoms with Crippen molar-refractivity contribution >= 4 is 94.5 Å². The fraction of sp³-hybridized carbons (Fsp3) is 0.0667. The molecule has 3 nitrogen and oxygen atoms in total. The first-order valence-corrected chi connectivity index (χ1v) is 19.8. The Bertz CT molecular complexity index is 2940. The van der Waals surface area contributed by atoms with Gasteiger partial charge in [-0.15, -0.1) is 34.0 Å². The van der Waals surface area contributed by atoms with E-state index in [1.54, 1.807) is 0 Å². The lowest BCUT2D eigenvalue weighted by Crippen LogP contribution is -2.54. The van der Waals surface area contributed by atoms with Gasteiger partial charge in [-0.2, -0.15) is 0 Å². The van der Waals surface area contributed by atoms with Crippen LogP contribution < -0.4 is 16.0 Å². The summed E-state index contributed by atoms with van der Waals surface area (Å²) in [5.74, 6) is 0. The molecule has 3 atom stereocenters. The molecule has 0 bridgehead atoms. The van der Waals surface area contributed by atoms with Gasteiger partial charge in [-0.3, -0.25) is 16.0 Å². The Hall–Kier alpha value is -4.92. The Kier molecular flexibility index (Phi) is 6.90. The number of hydrogen-bond acceptors (Lipinski definition) is 6. The van der Waals surface area contributed by atoms with Gasteiger partial charge in [0.1, 0.15) is 0 Å². The quantitative estimate of drug-likeness (QED) is 0.170. The minimum absolute atomic E-state index is 0.0189. The van der Waals surface area contributed by atoms with Crippen LogP contribution in [0, 0.1) is 0 Å². The molecule has 0 saturated carbocycles. The minimum Gasteiger partial charge on any atom is -0.279 e. The first-order valence-electron chi connectivity index (χ1n) is 17.3. The predicted molar refractivity (Wildman–Crippen MR) is 221 cm³/mol. The first-order chi connectivity index (χ1) is 25.2. The summed E-state index contributed by atoms with van der Waals surface area (Å²) in [6, 6.07) is 55.9. The third kappa shape index (κ3) is 4.94. The molecule has 1 fully saturated rings. The maximum absolute atomic E-state index is 3.93. The van der Waals surface area contributed by atoms with E-state index in [2.05, 4.69) is 168 Å². The molecule has 1 aliphatic heterocycles. The van der Waals surface area contributed by atoms with E-state index in [4.69, 9.17) is 0 Å². The van der Waals surface area contributed by atoms with E-state index in [0.29, 0.717) is 0 Å². The highest BCUT2D eigenvalue weighted by molar-refractivity contribution is 7.27. The van der Waals surface area contributed by atoms with E-state index in [1.165, 1.54) is 88.3 Å². The number of rotatable bonds is 4. The van der Waals surface area contributed by atoms with Crippen LogP contribution in [0.15, 0.2) is 152 Å². The normalized spacial score (nSPS) is 18.2. The molecule has 7 aromatic carbocycles. The van der Waals surface area contributed by atoms with Crippen LogP contribution in [0.25, 0.3) is 71.6 Å². The summed E-state index contributed by atoms with van der Waals surface area (Å²) in [5.41, 5.74) is 6.27. The zero-order chi connectivity index (χ0) is 33.5. The van der Waals surface area contributed by atoms with E-state index in [9.17, 15) is 0 Å². The topological polar surface area (TPSA) is 36.1 Å². The molecule has 4 heterocycles. The van der Waals surface area contributed by atoms with Crippen LogP contribution >= 0.6 is 34.0 Å². The van der Waals surface area contributed by atoms with Crippen molar-refractivity contribution in [1.82, 2.24) is 16.0 Å². The van der Waals surface area contributed by atoms with Gasteiger partial charge in [0, 0.05) is 60.5 Å². The van der Waals surface area contributed by atoms with Gasteiger partial charge >= 0.3 is 0 Å². The zero-order valence-corrected chi connectivity index (χ0v) is 29.8. The summed E-state index contributed by atoms with van der Waals surface area (Å²) in [4.78, 5) is 0. The Labute approximate surface area is 306 Å². The second-order valence-corrected chi connectivity index (χ2v) is 16.6. The number of fused-ring (bicyclic) bond motifs is 9. The van der Waals surface area contributed by atoms with Gasteiger partial charge in [0.05, 0.1) is 18.5 Å². The SMILES string of the molecule is c1ccc(C2NC(c3ccc4c(c3)sc3ccc(-c5cccc6c5sc5ccccc56)cc34)NC(c3ccc4sc5ccccc5c4c3)N2)cc1. The highest BCUT2D eigenvalue weighted by Crippen LogP contribution is 2.43. The molecule has 0 spiro atoms. The predicted octanol–water partition coefficient (Wildman–Crippen LogP) is 12.6. The summed E-state index contributed by atoms with van der Waals surface area (Å²) < 4.78 is 7.97. The molecule has 10 aromatic rings. The van der Waals surface area contributed by atoms with Gasteiger partial charge in [0.2, 0.25) is 0 Å². The van der Waals surface area contributed by atoms with Crippen molar-refractivity contribution in [2.24, 2.45) is 0 Å². The molecule has 3 unspecified atom stereocenters. The Morgan fingerprint density at radius 1 is 0.333 bits per heavy atom. The Morgan fingerprint density at radius 3 is 1.69 bits per heavy atom. The van der Waals surface area contributed by atoms with Crippen LogP contribution in [0.2, 0.25) is 0 Å². The summed E-state index contributed by atoms with van der Waals surface area (Å²) in [5, 5.41) is 19.6. The average Bonchev–Trinajstić information content (AvgIpc) is 3.88. The molecule has 3 N–H and O–H groups in total. The fourth-order valence-electron chi connectivity index (χ4n) is 7.91. The number of thiophene rings is 3. The van der Waals surface area contributed by atoms with Gasteiger partial charge in [0.15, 0.2) is 0 Å². The number of hydrogen-bond donors (Lipinski definition) is 3. The lowest BCUT2D eigenvalue weighted by atomic mass is 10.00. The van der Waals surface area contributed by atoms with Crippen molar-refractivity contribution in [2.75, 3.05) is 0 Å². The van der Waals surface area contributed by atoms with Crippen LogP contribution in [0.5, 0.6) is 0 Å². The lowest BCUT2D eigenvalue weighted by molar-refractivity contribution is 0.203. The molecule has 6 heteroatoms. The van der Waals surface area contributed by atoms with E-state index in [1.807, 2.05) is 34.0 Å². The molecule has 1 aliphatic rings. The molecular formula is C45H31N3S3. The van der Waals surface area contributed by atoms with Crippen LogP contribution in [-0.2, 0) is 0 Å². The Balaban J connectivity index is 0.978. The molecule has 11 rings (SSSR count). The van der Waals surface area contributed by atoms with Gasteiger partial charge < -0.3 is 0 Å². The second-order valence-electron chi connectivity index (χ2n) is 13.4. The number of benzene rings is 7. The van der Waals surface area contributed by atoms with E-state index >= 15 is 0 Å². The molecule has 3 aromatic heterocycles. The van der Waals surface area contributed by atoms with Crippen LogP contribution in [0.3, 0.4) is 0 Å². The highest BCUT2D eigenvalue weighted by atomic mass is 32.1. The third-order valence-corrected chi connectivity index (χ3v) is 13.9. The third-order valence-electron chi connectivity index (χ3n) is 10.4. The standard InChI is InChI=1S/C45H31N3S3/c1-2-9-26(10-3-1)43-46-44(28-19-22-39-36(24-28)32-12-5-6-15-37(32)49-39)48-45(47-43)29-17-20-33-35-23-27(18-21-40(35)50-41(33)25-29)30-13-8-14-34-31-11-4-7-16-38(31)51-42(30)34/h1-25,43-48H. The summed E-state index contributed by atoms with van der Waals surface area (Å²) in [6.45, 7) is 0. The maximum Gasteiger partial charge on any atom is 0.0865 e. The molecule has 51 heavy (non-hydrogen) atoms. The largest absolute Gasteiger partial charge is 0.279 e. The molecule has 0 amide bonds. The highest BCUT2D eigenvalue weighted by Gasteiger charge is 2.30.